The van der Waals surface area contributed by atoms with Gasteiger partial charge in [0.05, 0.1) is 5.75 Å². The Morgan fingerprint density at radius 1 is 1.45 bits per heavy atom. The summed E-state index contributed by atoms with van der Waals surface area (Å²) in [6, 6.07) is 0.428. The summed E-state index contributed by atoms with van der Waals surface area (Å²) in [6.07, 6.45) is 3.37. The summed E-state index contributed by atoms with van der Waals surface area (Å²) in [5.74, 6) is -0.399. The minimum Gasteiger partial charge on any atom is -0.313 e. The van der Waals surface area contributed by atoms with Crippen molar-refractivity contribution in [3.8, 4) is 0 Å². The van der Waals surface area contributed by atoms with Crippen molar-refractivity contribution in [2.75, 3.05) is 12.3 Å². The predicted molar refractivity (Wildman–Crippen MR) is 40.5 cm³/mol. The number of hydrogen-bond donors (Lipinski definition) is 1. The standard InChI is InChI=1S/C6H12FNO2S/c7-11(9,10)5-4-8-6-2-1-3-6/h6,8H,1-5H2. The molecule has 0 atom stereocenters. The molecule has 1 saturated carbocycles. The topological polar surface area (TPSA) is 46.2 Å². The van der Waals surface area contributed by atoms with Crippen LogP contribution in [-0.2, 0) is 10.2 Å². The molecule has 5 heteroatoms. The van der Waals surface area contributed by atoms with E-state index in [-0.39, 0.29) is 6.54 Å². The molecule has 0 bridgehead atoms. The molecule has 0 aromatic heterocycles. The fraction of sp³-hybridized carbons (Fsp3) is 1.00. The molecule has 1 aliphatic carbocycles. The summed E-state index contributed by atoms with van der Waals surface area (Å²) in [4.78, 5) is 0. The highest BCUT2D eigenvalue weighted by molar-refractivity contribution is 7.86. The first-order valence-electron chi connectivity index (χ1n) is 3.74. The summed E-state index contributed by atoms with van der Waals surface area (Å²) >= 11 is 0. The fourth-order valence-electron chi connectivity index (χ4n) is 0.997. The Kier molecular flexibility index (Phi) is 2.84. The van der Waals surface area contributed by atoms with E-state index in [0.29, 0.717) is 6.04 Å². The molecule has 11 heavy (non-hydrogen) atoms. The third-order valence-electron chi connectivity index (χ3n) is 1.88. The normalized spacial score (nSPS) is 19.7. The Morgan fingerprint density at radius 3 is 2.45 bits per heavy atom. The molecule has 0 spiro atoms. The van der Waals surface area contributed by atoms with Crippen LogP contribution in [0, 0.1) is 0 Å². The molecular weight excluding hydrogens is 169 g/mol. The van der Waals surface area contributed by atoms with Gasteiger partial charge in [0.25, 0.3) is 0 Å². The molecule has 0 unspecified atom stereocenters. The molecule has 0 aromatic carbocycles. The van der Waals surface area contributed by atoms with Gasteiger partial charge in [0.1, 0.15) is 0 Å². The van der Waals surface area contributed by atoms with Gasteiger partial charge in [0.15, 0.2) is 0 Å². The van der Waals surface area contributed by atoms with Crippen LogP contribution in [0.4, 0.5) is 3.89 Å². The predicted octanol–water partition coefficient (Wildman–Crippen LogP) is 0.428. The van der Waals surface area contributed by atoms with Crippen LogP contribution in [0.3, 0.4) is 0 Å². The third-order valence-corrected chi connectivity index (χ3v) is 2.58. The molecule has 1 aliphatic rings. The average molecular weight is 181 g/mol. The number of nitrogens with one attached hydrogen (secondary N) is 1. The van der Waals surface area contributed by atoms with Crippen molar-refractivity contribution in [2.45, 2.75) is 25.3 Å². The van der Waals surface area contributed by atoms with Crippen LogP contribution in [0.5, 0.6) is 0 Å². The highest BCUT2D eigenvalue weighted by Crippen LogP contribution is 2.17. The van der Waals surface area contributed by atoms with E-state index in [2.05, 4.69) is 5.32 Å². The van der Waals surface area contributed by atoms with Gasteiger partial charge in [-0.15, -0.1) is 3.89 Å². The fourth-order valence-corrected chi connectivity index (χ4v) is 1.36. The van der Waals surface area contributed by atoms with Gasteiger partial charge in [-0.05, 0) is 12.8 Å². The molecule has 0 aromatic rings. The van der Waals surface area contributed by atoms with E-state index in [1.54, 1.807) is 0 Å². The molecule has 0 heterocycles. The maximum Gasteiger partial charge on any atom is 0.303 e. The quantitative estimate of drug-likeness (QED) is 0.640. The van der Waals surface area contributed by atoms with Gasteiger partial charge in [-0.2, -0.15) is 8.42 Å². The Hall–Kier alpha value is -0.160. The summed E-state index contributed by atoms with van der Waals surface area (Å²) in [5, 5.41) is 2.96. The van der Waals surface area contributed by atoms with Gasteiger partial charge in [-0.3, -0.25) is 0 Å². The van der Waals surface area contributed by atoms with E-state index in [4.69, 9.17) is 0 Å². The molecule has 1 N–H and O–H groups in total. The summed E-state index contributed by atoms with van der Waals surface area (Å²) in [6.45, 7) is 0.240. The molecule has 0 radical (unpaired) electrons. The Balaban J connectivity index is 2.04. The van der Waals surface area contributed by atoms with Gasteiger partial charge in [-0.1, -0.05) is 6.42 Å². The molecule has 0 amide bonds. The van der Waals surface area contributed by atoms with Crippen molar-refractivity contribution >= 4 is 10.2 Å². The Morgan fingerprint density at radius 2 is 2.09 bits per heavy atom. The second-order valence-electron chi connectivity index (χ2n) is 2.82. The van der Waals surface area contributed by atoms with Crippen LogP contribution in [0.25, 0.3) is 0 Å². The molecule has 3 nitrogen and oxygen atoms in total. The van der Waals surface area contributed by atoms with Crippen LogP contribution < -0.4 is 5.32 Å². The van der Waals surface area contributed by atoms with Crippen LogP contribution >= 0.6 is 0 Å². The minimum atomic E-state index is -4.27. The first-order chi connectivity index (χ1) is 5.08. The van der Waals surface area contributed by atoms with Crippen molar-refractivity contribution < 1.29 is 12.3 Å². The monoisotopic (exact) mass is 181 g/mol. The van der Waals surface area contributed by atoms with Crippen LogP contribution in [-0.4, -0.2) is 26.8 Å². The molecule has 0 saturated heterocycles. The van der Waals surface area contributed by atoms with Crippen LogP contribution in [0.1, 0.15) is 19.3 Å². The van der Waals surface area contributed by atoms with Crippen molar-refractivity contribution in [3.05, 3.63) is 0 Å². The minimum absolute atomic E-state index is 0.240. The smallest absolute Gasteiger partial charge is 0.303 e. The van der Waals surface area contributed by atoms with E-state index >= 15 is 0 Å². The molecular formula is C6H12FNO2S. The molecule has 0 aliphatic heterocycles. The highest BCUT2D eigenvalue weighted by atomic mass is 32.3. The van der Waals surface area contributed by atoms with Gasteiger partial charge >= 0.3 is 10.2 Å². The average Bonchev–Trinajstić information content (AvgIpc) is 1.73. The van der Waals surface area contributed by atoms with E-state index < -0.39 is 16.0 Å². The third kappa shape index (κ3) is 3.67. The van der Waals surface area contributed by atoms with Crippen molar-refractivity contribution in [3.63, 3.8) is 0 Å². The van der Waals surface area contributed by atoms with Crippen LogP contribution in [0.15, 0.2) is 0 Å². The van der Waals surface area contributed by atoms with E-state index in [0.717, 1.165) is 12.8 Å². The van der Waals surface area contributed by atoms with Gasteiger partial charge in [0.2, 0.25) is 0 Å². The van der Waals surface area contributed by atoms with Crippen LogP contribution in [0.2, 0.25) is 0 Å². The van der Waals surface area contributed by atoms with Crippen molar-refractivity contribution in [1.29, 1.82) is 0 Å². The Bertz CT molecular complexity index is 211. The lowest BCUT2D eigenvalue weighted by molar-refractivity contribution is 0.346. The summed E-state index contributed by atoms with van der Waals surface area (Å²) in [5.41, 5.74) is 0. The number of halogens is 1. The first kappa shape index (κ1) is 8.93. The van der Waals surface area contributed by atoms with Gasteiger partial charge < -0.3 is 5.32 Å². The SMILES string of the molecule is O=S(=O)(F)CCNC1CCC1. The van der Waals surface area contributed by atoms with Gasteiger partial charge in [0, 0.05) is 12.6 Å². The summed E-state index contributed by atoms with van der Waals surface area (Å²) in [7, 11) is -4.27. The lowest BCUT2D eigenvalue weighted by Gasteiger charge is -2.26. The number of hydrogen-bond acceptors (Lipinski definition) is 3. The summed E-state index contributed by atoms with van der Waals surface area (Å²) < 4.78 is 31.9. The lowest BCUT2D eigenvalue weighted by Crippen LogP contribution is -2.37. The highest BCUT2D eigenvalue weighted by Gasteiger charge is 2.17. The number of rotatable bonds is 4. The zero-order chi connectivity index (χ0) is 8.32. The first-order valence-corrected chi connectivity index (χ1v) is 5.29. The van der Waals surface area contributed by atoms with E-state index in [1.807, 2.05) is 0 Å². The van der Waals surface area contributed by atoms with Crippen molar-refractivity contribution in [1.82, 2.24) is 5.32 Å². The largest absolute Gasteiger partial charge is 0.313 e. The second kappa shape index (κ2) is 3.49. The maximum atomic E-state index is 11.9. The lowest BCUT2D eigenvalue weighted by atomic mass is 9.93. The maximum absolute atomic E-state index is 11.9. The zero-order valence-corrected chi connectivity index (χ0v) is 7.03. The van der Waals surface area contributed by atoms with E-state index in [1.165, 1.54) is 6.42 Å². The van der Waals surface area contributed by atoms with Gasteiger partial charge in [-0.25, -0.2) is 0 Å². The second-order valence-corrected chi connectivity index (χ2v) is 4.31. The van der Waals surface area contributed by atoms with Crippen molar-refractivity contribution in [2.24, 2.45) is 0 Å². The molecule has 1 rings (SSSR count). The zero-order valence-electron chi connectivity index (χ0n) is 6.22. The molecule has 66 valence electrons. The molecule has 1 fully saturated rings. The Labute approximate surface area is 66.2 Å². The van der Waals surface area contributed by atoms with E-state index in [9.17, 15) is 12.3 Å².